The van der Waals surface area contributed by atoms with Gasteiger partial charge in [0.05, 0.1) is 12.0 Å². The van der Waals surface area contributed by atoms with Crippen molar-refractivity contribution in [1.82, 2.24) is 15.2 Å². The molecule has 1 aromatic heterocycles. The summed E-state index contributed by atoms with van der Waals surface area (Å²) in [6.07, 6.45) is 8.00. The van der Waals surface area contributed by atoms with Gasteiger partial charge in [-0.1, -0.05) is 42.8 Å². The molecule has 0 unspecified atom stereocenters. The summed E-state index contributed by atoms with van der Waals surface area (Å²) >= 11 is 0. The number of carbonyl (C=O) groups excluding carboxylic acids is 1. The number of carboxylic acid groups (broad SMARTS) is 1. The third-order valence-corrected chi connectivity index (χ3v) is 8.03. The Morgan fingerprint density at radius 1 is 1.11 bits per heavy atom. The van der Waals surface area contributed by atoms with E-state index < -0.39 is 17.4 Å². The molecule has 0 bridgehead atoms. The van der Waals surface area contributed by atoms with Crippen molar-refractivity contribution in [2.24, 2.45) is 0 Å². The Hall–Kier alpha value is -2.97. The van der Waals surface area contributed by atoms with Crippen LogP contribution in [0.15, 0.2) is 42.5 Å². The molecule has 0 radical (unpaired) electrons. The number of hydrogen-bond donors (Lipinski definition) is 3. The predicted molar refractivity (Wildman–Crippen MR) is 148 cm³/mol. The summed E-state index contributed by atoms with van der Waals surface area (Å²) < 4.78 is 5.29. The maximum atomic E-state index is 13.3. The minimum absolute atomic E-state index is 0.169. The maximum absolute atomic E-state index is 13.3. The number of aliphatic carboxylic acids is 1. The Labute approximate surface area is 226 Å². The van der Waals surface area contributed by atoms with Gasteiger partial charge in [-0.3, -0.25) is 4.79 Å². The van der Waals surface area contributed by atoms with E-state index in [0.29, 0.717) is 19.6 Å². The molecule has 1 atom stereocenters. The number of nitrogens with zero attached hydrogens (tertiary/aromatic N) is 2. The van der Waals surface area contributed by atoms with Gasteiger partial charge in [-0.2, -0.15) is 0 Å². The molecule has 2 aliphatic rings. The largest absolute Gasteiger partial charge is 0.480 e. The third kappa shape index (κ3) is 7.11. The van der Waals surface area contributed by atoms with Crippen LogP contribution < -0.4 is 10.6 Å². The second-order valence-electron chi connectivity index (χ2n) is 10.6. The van der Waals surface area contributed by atoms with E-state index >= 15 is 0 Å². The molecule has 2 heterocycles. The van der Waals surface area contributed by atoms with Crippen molar-refractivity contribution in [1.29, 1.82) is 0 Å². The molecule has 0 spiro atoms. The highest BCUT2D eigenvalue weighted by Crippen LogP contribution is 2.44. The number of aromatic nitrogens is 1. The van der Waals surface area contributed by atoms with E-state index in [0.717, 1.165) is 88.1 Å². The van der Waals surface area contributed by atoms with Gasteiger partial charge in [0.2, 0.25) is 5.91 Å². The highest BCUT2D eigenvalue weighted by Gasteiger charge is 2.46. The van der Waals surface area contributed by atoms with Gasteiger partial charge in [-0.15, -0.1) is 0 Å². The molecule has 8 heteroatoms. The number of fused-ring (bicyclic) bond motifs is 1. The number of ether oxygens (including phenoxy) is 1. The molecule has 1 fully saturated rings. The van der Waals surface area contributed by atoms with E-state index in [2.05, 4.69) is 27.7 Å². The third-order valence-electron chi connectivity index (χ3n) is 8.03. The zero-order valence-corrected chi connectivity index (χ0v) is 22.6. The topological polar surface area (TPSA) is 104 Å². The molecule has 3 N–H and O–H groups in total. The van der Waals surface area contributed by atoms with Crippen LogP contribution in [0.5, 0.6) is 0 Å². The van der Waals surface area contributed by atoms with Crippen LogP contribution in [0.1, 0.15) is 61.8 Å². The van der Waals surface area contributed by atoms with Crippen molar-refractivity contribution in [3.63, 3.8) is 0 Å². The molecule has 1 saturated carbocycles. The zero-order valence-electron chi connectivity index (χ0n) is 22.6. The normalized spacial score (nSPS) is 16.7. The van der Waals surface area contributed by atoms with Crippen molar-refractivity contribution >= 4 is 17.7 Å². The molecular weight excluding hydrogens is 480 g/mol. The smallest absolute Gasteiger partial charge is 0.326 e. The minimum Gasteiger partial charge on any atom is -0.480 e. The van der Waals surface area contributed by atoms with Crippen LogP contribution in [0.3, 0.4) is 0 Å². The molecule has 1 aliphatic heterocycles. The van der Waals surface area contributed by atoms with Crippen LogP contribution >= 0.6 is 0 Å². The van der Waals surface area contributed by atoms with E-state index in [1.54, 1.807) is 7.11 Å². The van der Waals surface area contributed by atoms with Crippen LogP contribution in [0.4, 0.5) is 5.82 Å². The Bertz CT molecular complexity index is 1060. The minimum atomic E-state index is -0.986. The Balaban J connectivity index is 1.27. The molecule has 4 rings (SSSR count). The Morgan fingerprint density at radius 3 is 2.63 bits per heavy atom. The first-order valence-corrected chi connectivity index (χ1v) is 14.0. The second-order valence-corrected chi connectivity index (χ2v) is 10.6. The fraction of sp³-hybridized carbons (Fsp3) is 0.567. The van der Waals surface area contributed by atoms with Crippen molar-refractivity contribution in [2.75, 3.05) is 45.2 Å². The highest BCUT2D eigenvalue weighted by atomic mass is 16.5. The summed E-state index contributed by atoms with van der Waals surface area (Å²) in [5.74, 6) is -0.120. The van der Waals surface area contributed by atoms with Crippen molar-refractivity contribution in [3.8, 4) is 0 Å². The van der Waals surface area contributed by atoms with Crippen LogP contribution in [0.25, 0.3) is 0 Å². The lowest BCUT2D eigenvalue weighted by Gasteiger charge is -2.41. The fourth-order valence-corrected chi connectivity index (χ4v) is 5.51. The van der Waals surface area contributed by atoms with Gasteiger partial charge >= 0.3 is 5.97 Å². The number of anilines is 1. The van der Waals surface area contributed by atoms with E-state index in [1.807, 2.05) is 30.3 Å². The number of benzene rings is 1. The van der Waals surface area contributed by atoms with Gasteiger partial charge in [-0.05, 0) is 75.1 Å². The van der Waals surface area contributed by atoms with Gasteiger partial charge in [0.15, 0.2) is 0 Å². The molecule has 206 valence electrons. The summed E-state index contributed by atoms with van der Waals surface area (Å²) in [6, 6.07) is 13.2. The lowest BCUT2D eigenvalue weighted by molar-refractivity contribution is -0.144. The van der Waals surface area contributed by atoms with Crippen molar-refractivity contribution < 1.29 is 19.4 Å². The van der Waals surface area contributed by atoms with Gasteiger partial charge in [0.1, 0.15) is 11.9 Å². The summed E-state index contributed by atoms with van der Waals surface area (Å²) in [7, 11) is 1.68. The molecule has 0 saturated heterocycles. The standard InChI is InChI=1S/C30H42N4O4/c1-38-22-21-34(19-6-5-12-25-14-13-23-9-7-18-31-27(23)32-25)20-15-26(28(35)36)33-29(37)30(16-8-17-30)24-10-3-2-4-11-24/h2-4,10-11,13-14,26H,5-9,12,15-22H2,1H3,(H,31,32)(H,33,37)(H,35,36)/t26-/m0/s1. The summed E-state index contributed by atoms with van der Waals surface area (Å²) in [5.41, 5.74) is 2.78. The summed E-state index contributed by atoms with van der Waals surface area (Å²) in [4.78, 5) is 32.4. The number of unbranched alkanes of at least 4 members (excludes halogenated alkanes) is 1. The number of hydrogen-bond acceptors (Lipinski definition) is 6. The van der Waals surface area contributed by atoms with Crippen LogP contribution in [-0.4, -0.2) is 72.8 Å². The Kier molecular flexibility index (Phi) is 10.1. The molecule has 2 aromatic rings. The van der Waals surface area contributed by atoms with E-state index in [1.165, 1.54) is 5.56 Å². The number of rotatable bonds is 15. The van der Waals surface area contributed by atoms with Gasteiger partial charge in [0, 0.05) is 32.4 Å². The van der Waals surface area contributed by atoms with E-state index in [9.17, 15) is 14.7 Å². The second kappa shape index (κ2) is 13.7. The van der Waals surface area contributed by atoms with Gasteiger partial charge in [0.25, 0.3) is 0 Å². The van der Waals surface area contributed by atoms with Crippen LogP contribution in [0.2, 0.25) is 0 Å². The Morgan fingerprint density at radius 2 is 1.92 bits per heavy atom. The maximum Gasteiger partial charge on any atom is 0.326 e. The average molecular weight is 523 g/mol. The monoisotopic (exact) mass is 522 g/mol. The summed E-state index contributed by atoms with van der Waals surface area (Å²) in [5, 5.41) is 16.2. The molecule has 1 aromatic carbocycles. The number of amides is 1. The predicted octanol–water partition coefficient (Wildman–Crippen LogP) is 3.79. The lowest BCUT2D eigenvalue weighted by atomic mass is 9.63. The number of carbonyl (C=O) groups is 2. The highest BCUT2D eigenvalue weighted by molar-refractivity contribution is 5.92. The average Bonchev–Trinajstić information content (AvgIpc) is 2.91. The van der Waals surface area contributed by atoms with Gasteiger partial charge < -0.3 is 25.4 Å². The molecule has 38 heavy (non-hydrogen) atoms. The number of pyridine rings is 1. The first-order chi connectivity index (χ1) is 18.5. The molecular formula is C30H42N4O4. The van der Waals surface area contributed by atoms with Crippen LogP contribution in [0, 0.1) is 0 Å². The van der Waals surface area contributed by atoms with Crippen LogP contribution in [-0.2, 0) is 32.6 Å². The lowest BCUT2D eigenvalue weighted by Crippen LogP contribution is -2.54. The molecule has 1 aliphatic carbocycles. The number of methoxy groups -OCH3 is 1. The number of aryl methyl sites for hydroxylation is 2. The molecule has 8 nitrogen and oxygen atoms in total. The SMILES string of the molecule is COCCN(CCCCc1ccc2c(n1)NCCC2)CC[C@H](NC(=O)C1(c2ccccc2)CCC1)C(=O)O. The zero-order chi connectivity index (χ0) is 26.8. The van der Waals surface area contributed by atoms with Gasteiger partial charge in [-0.25, -0.2) is 9.78 Å². The van der Waals surface area contributed by atoms with E-state index in [-0.39, 0.29) is 5.91 Å². The molecule has 1 amide bonds. The first-order valence-electron chi connectivity index (χ1n) is 14.0. The number of carboxylic acids is 1. The van der Waals surface area contributed by atoms with E-state index in [4.69, 9.17) is 9.72 Å². The fourth-order valence-electron chi connectivity index (χ4n) is 5.51. The summed E-state index contributed by atoms with van der Waals surface area (Å²) in [6.45, 7) is 3.73. The van der Waals surface area contributed by atoms with Crippen molar-refractivity contribution in [3.05, 3.63) is 59.3 Å². The quantitative estimate of drug-likeness (QED) is 0.306. The number of nitrogens with one attached hydrogen (secondary N) is 2. The van der Waals surface area contributed by atoms with Crippen molar-refractivity contribution in [2.45, 2.75) is 69.2 Å². The first kappa shape index (κ1) is 28.0.